The number of aromatic nitrogens is 2. The van der Waals surface area contributed by atoms with Crippen molar-refractivity contribution in [2.24, 2.45) is 0 Å². The van der Waals surface area contributed by atoms with Crippen LogP contribution < -0.4 is 39.2 Å². The Hall–Kier alpha value is -3.08. The average molecular weight is 517 g/mol. The van der Waals surface area contributed by atoms with Gasteiger partial charge in [-0.05, 0) is 12.8 Å². The molecule has 154 valence electrons. The minimum atomic E-state index is -0.812. The molecular formula is C21H18IN4O4-. The first-order valence-corrected chi connectivity index (χ1v) is 11.2. The van der Waals surface area contributed by atoms with E-state index in [-0.39, 0.29) is 29.2 Å². The number of fused-ring (bicyclic) bond motifs is 1. The number of hydrogen-bond acceptors (Lipinski definition) is 6. The second kappa shape index (κ2) is 7.31. The molecule has 0 atom stereocenters. The predicted octanol–water partition coefficient (Wildman–Crippen LogP) is -0.424. The number of nitrogen functional groups attached to an aromatic ring is 1. The molecule has 9 heteroatoms. The number of rotatable bonds is 5. The van der Waals surface area contributed by atoms with Gasteiger partial charge in [0, 0.05) is 6.04 Å². The predicted molar refractivity (Wildman–Crippen MR) is 104 cm³/mol. The summed E-state index contributed by atoms with van der Waals surface area (Å²) >= 11 is -0.812. The number of carbonyl (C=O) groups is 2. The van der Waals surface area contributed by atoms with E-state index in [0.717, 1.165) is 18.4 Å². The van der Waals surface area contributed by atoms with Crippen molar-refractivity contribution in [1.82, 2.24) is 14.9 Å². The number of nitrogens with one attached hydrogen (secondary N) is 1. The fourth-order valence-corrected chi connectivity index (χ4v) is 4.41. The summed E-state index contributed by atoms with van der Waals surface area (Å²) in [5, 5.41) is 2.98. The zero-order valence-corrected chi connectivity index (χ0v) is 18.2. The number of amides is 1. The molecule has 8 nitrogen and oxygen atoms in total. The van der Waals surface area contributed by atoms with Gasteiger partial charge in [-0.25, -0.2) is 0 Å². The summed E-state index contributed by atoms with van der Waals surface area (Å²) in [6.45, 7) is 1.92. The quantitative estimate of drug-likeness (QED) is 0.352. The van der Waals surface area contributed by atoms with Gasteiger partial charge in [-0.1, -0.05) is 0 Å². The molecule has 3 N–H and O–H groups in total. The van der Waals surface area contributed by atoms with Gasteiger partial charge in [0.05, 0.1) is 0 Å². The van der Waals surface area contributed by atoms with E-state index in [1.54, 1.807) is 34.9 Å². The van der Waals surface area contributed by atoms with Crippen LogP contribution in [-0.4, -0.2) is 27.3 Å². The molecule has 1 saturated carbocycles. The van der Waals surface area contributed by atoms with Gasteiger partial charge in [-0.2, -0.15) is 0 Å². The number of hydrogen-bond donors (Lipinski definition) is 2. The SMILES string of the molecule is Cc1ccc(C(=O)NC2CC2)cc1-n1cnc(C(=O)c2ccc3c(c2)O[I-]O3)c1N. The van der Waals surface area contributed by atoms with Gasteiger partial charge in [0.2, 0.25) is 0 Å². The van der Waals surface area contributed by atoms with Crippen molar-refractivity contribution in [3.8, 4) is 17.2 Å². The fourth-order valence-electron chi connectivity index (χ4n) is 3.23. The molecule has 0 radical (unpaired) electrons. The number of ketones is 1. The zero-order chi connectivity index (χ0) is 20.8. The Balaban J connectivity index is 1.47. The molecule has 1 aromatic heterocycles. The molecule has 5 rings (SSSR count). The molecule has 1 aliphatic heterocycles. The minimum absolute atomic E-state index is 0.114. The van der Waals surface area contributed by atoms with Crippen LogP contribution in [0, 0.1) is 6.92 Å². The maximum atomic E-state index is 13.0. The van der Waals surface area contributed by atoms with Crippen molar-refractivity contribution in [2.45, 2.75) is 25.8 Å². The number of anilines is 1. The van der Waals surface area contributed by atoms with Gasteiger partial charge in [-0.15, -0.1) is 0 Å². The molecule has 1 fully saturated rings. The first-order chi connectivity index (χ1) is 14.5. The van der Waals surface area contributed by atoms with E-state index in [1.807, 2.05) is 13.0 Å². The van der Waals surface area contributed by atoms with Crippen LogP contribution in [-0.2, 0) is 0 Å². The summed E-state index contributed by atoms with van der Waals surface area (Å²) in [6, 6.07) is 10.7. The summed E-state index contributed by atoms with van der Waals surface area (Å²) in [6.07, 6.45) is 3.55. The van der Waals surface area contributed by atoms with Crippen molar-refractivity contribution in [3.63, 3.8) is 0 Å². The Morgan fingerprint density at radius 1 is 1.13 bits per heavy atom. The van der Waals surface area contributed by atoms with Gasteiger partial charge in [0.1, 0.15) is 0 Å². The molecule has 2 aliphatic rings. The van der Waals surface area contributed by atoms with E-state index in [0.29, 0.717) is 28.3 Å². The van der Waals surface area contributed by atoms with Crippen LogP contribution in [0.2, 0.25) is 0 Å². The molecule has 30 heavy (non-hydrogen) atoms. The first-order valence-electron chi connectivity index (χ1n) is 9.43. The zero-order valence-electron chi connectivity index (χ0n) is 16.0. The van der Waals surface area contributed by atoms with Crippen LogP contribution >= 0.6 is 0 Å². The molecule has 0 unspecified atom stereocenters. The van der Waals surface area contributed by atoms with Crippen molar-refractivity contribution >= 4 is 17.5 Å². The summed E-state index contributed by atoms with van der Waals surface area (Å²) in [4.78, 5) is 29.7. The maximum absolute atomic E-state index is 13.0. The summed E-state index contributed by atoms with van der Waals surface area (Å²) in [5.41, 5.74) is 9.04. The van der Waals surface area contributed by atoms with Crippen molar-refractivity contribution in [1.29, 1.82) is 0 Å². The van der Waals surface area contributed by atoms with E-state index >= 15 is 0 Å². The Kier molecular flexibility index (Phi) is 4.61. The van der Waals surface area contributed by atoms with Crippen LogP contribution in [0.5, 0.6) is 11.5 Å². The molecule has 3 aromatic rings. The number of benzene rings is 2. The topological polar surface area (TPSA) is 108 Å². The summed E-state index contributed by atoms with van der Waals surface area (Å²) in [5.74, 6) is 1.01. The number of aryl methyl sites for hydroxylation is 1. The molecule has 2 heterocycles. The fraction of sp³-hybridized carbons (Fsp3) is 0.190. The van der Waals surface area contributed by atoms with E-state index in [1.165, 1.54) is 6.33 Å². The van der Waals surface area contributed by atoms with Gasteiger partial charge in [0.15, 0.2) is 0 Å². The van der Waals surface area contributed by atoms with E-state index in [9.17, 15) is 9.59 Å². The van der Waals surface area contributed by atoms with Gasteiger partial charge < -0.3 is 5.32 Å². The average Bonchev–Trinajstić information content (AvgIpc) is 3.29. The normalized spacial score (nSPS) is 14.8. The molecule has 0 spiro atoms. The summed E-state index contributed by atoms with van der Waals surface area (Å²) < 4.78 is 12.5. The van der Waals surface area contributed by atoms with Crippen LogP contribution in [0.25, 0.3) is 5.69 Å². The first kappa shape index (κ1) is 18.9. The number of carbonyl (C=O) groups excluding carboxylic acids is 2. The van der Waals surface area contributed by atoms with Crippen LogP contribution in [0.1, 0.15) is 44.8 Å². The molecular weight excluding hydrogens is 499 g/mol. The van der Waals surface area contributed by atoms with Crippen LogP contribution in [0.3, 0.4) is 0 Å². The standard InChI is InChI=1S/C21H18IN4O4/c1-11-2-3-13(21(28)25-14-5-6-14)8-15(11)26-10-24-18(20(26)23)19(27)12-4-7-16-17(9-12)30-22-29-16/h2-4,7-10,14H,5-6,23H2,1H3,(H,25,28)/q-1. The Morgan fingerprint density at radius 3 is 2.70 bits per heavy atom. The summed E-state index contributed by atoms with van der Waals surface area (Å²) in [7, 11) is 0. The second-order valence-corrected chi connectivity index (χ2v) is 8.55. The van der Waals surface area contributed by atoms with Gasteiger partial charge >= 0.3 is 155 Å². The number of nitrogens with two attached hydrogens (primary N) is 1. The Labute approximate surface area is 183 Å². The van der Waals surface area contributed by atoms with Gasteiger partial charge in [0.25, 0.3) is 0 Å². The van der Waals surface area contributed by atoms with E-state index in [4.69, 9.17) is 11.9 Å². The molecule has 0 bridgehead atoms. The number of nitrogens with zero attached hydrogens (tertiary/aromatic N) is 2. The van der Waals surface area contributed by atoms with E-state index < -0.39 is 22.0 Å². The third kappa shape index (κ3) is 3.38. The van der Waals surface area contributed by atoms with Crippen molar-refractivity contribution in [3.05, 3.63) is 65.1 Å². The number of halogens is 1. The molecule has 1 amide bonds. The van der Waals surface area contributed by atoms with Crippen molar-refractivity contribution < 1.29 is 37.8 Å². The molecule has 2 aromatic carbocycles. The van der Waals surface area contributed by atoms with Crippen LogP contribution in [0.4, 0.5) is 5.82 Å². The third-order valence-electron chi connectivity index (χ3n) is 5.10. The van der Waals surface area contributed by atoms with Gasteiger partial charge in [-0.3, -0.25) is 4.79 Å². The molecule has 0 saturated heterocycles. The Bertz CT molecular complexity index is 1190. The van der Waals surface area contributed by atoms with E-state index in [2.05, 4.69) is 10.3 Å². The number of imidazole rings is 1. The van der Waals surface area contributed by atoms with Crippen LogP contribution in [0.15, 0.2) is 42.7 Å². The second-order valence-electron chi connectivity index (χ2n) is 7.31. The van der Waals surface area contributed by atoms with Crippen molar-refractivity contribution in [2.75, 3.05) is 5.73 Å². The third-order valence-corrected chi connectivity index (χ3v) is 6.41. The monoisotopic (exact) mass is 517 g/mol. The Morgan fingerprint density at radius 2 is 1.90 bits per heavy atom. The molecule has 1 aliphatic carbocycles.